The summed E-state index contributed by atoms with van der Waals surface area (Å²) < 4.78 is 0. The number of hydrogen-bond acceptors (Lipinski definition) is 2. The van der Waals surface area contributed by atoms with Crippen LogP contribution in [-0.2, 0) is 10.2 Å². The molecule has 0 radical (unpaired) electrons. The summed E-state index contributed by atoms with van der Waals surface area (Å²) in [4.78, 5) is 15.4. The Kier molecular flexibility index (Phi) is 5.63. The molecule has 0 bridgehead atoms. The second-order valence-electron chi connectivity index (χ2n) is 6.67. The molecule has 1 aromatic rings. The number of amides is 1. The Hall–Kier alpha value is -1.35. The number of carbonyl (C=O) groups is 1. The maximum Gasteiger partial charge on any atom is 0.233 e. The van der Waals surface area contributed by atoms with Crippen LogP contribution in [0.15, 0.2) is 30.3 Å². The van der Waals surface area contributed by atoms with Crippen molar-refractivity contribution in [2.45, 2.75) is 57.9 Å². The second kappa shape index (κ2) is 7.28. The van der Waals surface area contributed by atoms with Crippen molar-refractivity contribution in [3.05, 3.63) is 35.9 Å². The molecule has 2 unspecified atom stereocenters. The second-order valence-corrected chi connectivity index (χ2v) is 6.67. The van der Waals surface area contributed by atoms with Gasteiger partial charge in [0.05, 0.1) is 5.41 Å². The maximum atomic E-state index is 13.3. The summed E-state index contributed by atoms with van der Waals surface area (Å²) in [5, 5.41) is 0. The van der Waals surface area contributed by atoms with Crippen LogP contribution in [0.5, 0.6) is 0 Å². The number of likely N-dealkylation sites (tertiary alicyclic amines) is 1. The summed E-state index contributed by atoms with van der Waals surface area (Å²) in [6, 6.07) is 10.4. The van der Waals surface area contributed by atoms with E-state index >= 15 is 0 Å². The lowest BCUT2D eigenvalue weighted by atomic mass is 9.74. The minimum Gasteiger partial charge on any atom is -0.342 e. The van der Waals surface area contributed by atoms with Crippen LogP contribution in [0.1, 0.15) is 52.0 Å². The molecule has 1 aliphatic rings. The van der Waals surface area contributed by atoms with Crippen LogP contribution in [0, 0.1) is 5.92 Å². The van der Waals surface area contributed by atoms with E-state index in [0.29, 0.717) is 5.92 Å². The Balaban J connectivity index is 2.27. The summed E-state index contributed by atoms with van der Waals surface area (Å²) in [5.41, 5.74) is 6.84. The predicted molar refractivity (Wildman–Crippen MR) is 91.7 cm³/mol. The molecule has 3 heteroatoms. The van der Waals surface area contributed by atoms with Gasteiger partial charge in [-0.15, -0.1) is 0 Å². The number of piperidine rings is 1. The number of hydrogen-bond donors (Lipinski definition) is 1. The lowest BCUT2D eigenvalue weighted by Gasteiger charge is -2.41. The summed E-state index contributed by atoms with van der Waals surface area (Å²) in [6.45, 7) is 7.99. The van der Waals surface area contributed by atoms with Crippen molar-refractivity contribution in [3.8, 4) is 0 Å². The van der Waals surface area contributed by atoms with Crippen molar-refractivity contribution in [2.75, 3.05) is 13.1 Å². The SMILES string of the molecule is CCC(CC)(C(=O)N1CCCC(C(C)N)C1)c1ccccc1. The van der Waals surface area contributed by atoms with E-state index in [0.717, 1.165) is 44.3 Å². The van der Waals surface area contributed by atoms with E-state index in [-0.39, 0.29) is 17.4 Å². The Labute approximate surface area is 134 Å². The highest BCUT2D eigenvalue weighted by Gasteiger charge is 2.41. The maximum absolute atomic E-state index is 13.3. The van der Waals surface area contributed by atoms with Crippen LogP contribution >= 0.6 is 0 Å². The van der Waals surface area contributed by atoms with Gasteiger partial charge in [0.25, 0.3) is 0 Å². The van der Waals surface area contributed by atoms with Crippen LogP contribution in [0.2, 0.25) is 0 Å². The van der Waals surface area contributed by atoms with Crippen molar-refractivity contribution in [2.24, 2.45) is 11.7 Å². The number of nitrogens with two attached hydrogens (primary N) is 1. The van der Waals surface area contributed by atoms with Gasteiger partial charge in [0, 0.05) is 19.1 Å². The van der Waals surface area contributed by atoms with E-state index < -0.39 is 0 Å². The molecule has 1 fully saturated rings. The molecule has 3 nitrogen and oxygen atoms in total. The molecule has 0 aliphatic carbocycles. The molecule has 2 atom stereocenters. The molecule has 0 aromatic heterocycles. The highest BCUT2D eigenvalue weighted by Crippen LogP contribution is 2.35. The zero-order valence-corrected chi connectivity index (χ0v) is 14.2. The van der Waals surface area contributed by atoms with Gasteiger partial charge in [-0.25, -0.2) is 0 Å². The van der Waals surface area contributed by atoms with Gasteiger partial charge in [-0.1, -0.05) is 44.2 Å². The smallest absolute Gasteiger partial charge is 0.233 e. The Morgan fingerprint density at radius 1 is 1.32 bits per heavy atom. The van der Waals surface area contributed by atoms with Crippen LogP contribution in [0.4, 0.5) is 0 Å². The molecular weight excluding hydrogens is 272 g/mol. The number of nitrogens with zero attached hydrogens (tertiary/aromatic N) is 1. The van der Waals surface area contributed by atoms with Crippen molar-refractivity contribution in [1.29, 1.82) is 0 Å². The number of benzene rings is 1. The topological polar surface area (TPSA) is 46.3 Å². The van der Waals surface area contributed by atoms with Gasteiger partial charge in [-0.05, 0) is 44.1 Å². The molecule has 1 heterocycles. The van der Waals surface area contributed by atoms with E-state index in [2.05, 4.69) is 37.8 Å². The minimum absolute atomic E-state index is 0.157. The fourth-order valence-corrected chi connectivity index (χ4v) is 3.77. The minimum atomic E-state index is -0.388. The van der Waals surface area contributed by atoms with E-state index in [1.54, 1.807) is 0 Å². The van der Waals surface area contributed by atoms with Crippen molar-refractivity contribution in [1.82, 2.24) is 4.90 Å². The molecule has 1 saturated heterocycles. The number of rotatable bonds is 5. The third-order valence-electron chi connectivity index (χ3n) is 5.43. The van der Waals surface area contributed by atoms with Gasteiger partial charge in [0.15, 0.2) is 0 Å². The first-order valence-electron chi connectivity index (χ1n) is 8.65. The standard InChI is InChI=1S/C19H30N2O/c1-4-19(5-2,17-11-7-6-8-12-17)18(22)21-13-9-10-16(14-21)15(3)20/h6-8,11-12,15-16H,4-5,9-10,13-14,20H2,1-3H3. The molecule has 2 N–H and O–H groups in total. The lowest BCUT2D eigenvalue weighted by molar-refractivity contribution is -0.140. The highest BCUT2D eigenvalue weighted by atomic mass is 16.2. The van der Waals surface area contributed by atoms with E-state index in [1.807, 2.05) is 18.2 Å². The first-order valence-corrected chi connectivity index (χ1v) is 8.65. The van der Waals surface area contributed by atoms with Crippen LogP contribution in [0.25, 0.3) is 0 Å². The molecular formula is C19H30N2O. The Bertz CT molecular complexity index is 479. The van der Waals surface area contributed by atoms with Gasteiger partial charge in [0.1, 0.15) is 0 Å². The summed E-state index contributed by atoms with van der Waals surface area (Å²) in [6.07, 6.45) is 3.88. The fourth-order valence-electron chi connectivity index (χ4n) is 3.77. The lowest BCUT2D eigenvalue weighted by Crippen LogP contribution is -2.52. The molecule has 0 saturated carbocycles. The molecule has 2 rings (SSSR count). The fraction of sp³-hybridized carbons (Fsp3) is 0.632. The average molecular weight is 302 g/mol. The summed E-state index contributed by atoms with van der Waals surface area (Å²) in [7, 11) is 0. The Morgan fingerprint density at radius 2 is 1.95 bits per heavy atom. The van der Waals surface area contributed by atoms with Crippen molar-refractivity contribution >= 4 is 5.91 Å². The van der Waals surface area contributed by atoms with Gasteiger partial charge in [-0.2, -0.15) is 0 Å². The zero-order chi connectivity index (χ0) is 16.2. The van der Waals surface area contributed by atoms with Crippen molar-refractivity contribution < 1.29 is 4.79 Å². The zero-order valence-electron chi connectivity index (χ0n) is 14.2. The molecule has 1 aliphatic heterocycles. The van der Waals surface area contributed by atoms with Crippen LogP contribution in [-0.4, -0.2) is 29.9 Å². The predicted octanol–water partition coefficient (Wildman–Crippen LogP) is 3.33. The largest absolute Gasteiger partial charge is 0.342 e. The van der Waals surface area contributed by atoms with Crippen molar-refractivity contribution in [3.63, 3.8) is 0 Å². The average Bonchev–Trinajstić information content (AvgIpc) is 2.57. The number of carbonyl (C=O) groups excluding carboxylic acids is 1. The molecule has 1 aromatic carbocycles. The third-order valence-corrected chi connectivity index (χ3v) is 5.43. The first-order chi connectivity index (χ1) is 10.5. The highest BCUT2D eigenvalue weighted by molar-refractivity contribution is 5.88. The normalized spacial score (nSPS) is 20.7. The van der Waals surface area contributed by atoms with E-state index in [4.69, 9.17) is 5.73 Å². The van der Waals surface area contributed by atoms with Gasteiger partial charge >= 0.3 is 0 Å². The van der Waals surface area contributed by atoms with E-state index in [9.17, 15) is 4.79 Å². The summed E-state index contributed by atoms with van der Waals surface area (Å²) >= 11 is 0. The van der Waals surface area contributed by atoms with Gasteiger partial charge in [0.2, 0.25) is 5.91 Å². The Morgan fingerprint density at radius 3 is 2.50 bits per heavy atom. The van der Waals surface area contributed by atoms with Gasteiger partial charge < -0.3 is 10.6 Å². The first kappa shape index (κ1) is 17.0. The molecule has 22 heavy (non-hydrogen) atoms. The third kappa shape index (κ3) is 3.19. The monoisotopic (exact) mass is 302 g/mol. The van der Waals surface area contributed by atoms with Crippen LogP contribution in [0.3, 0.4) is 0 Å². The molecule has 0 spiro atoms. The van der Waals surface area contributed by atoms with E-state index in [1.165, 1.54) is 0 Å². The summed E-state index contributed by atoms with van der Waals surface area (Å²) in [5.74, 6) is 0.717. The van der Waals surface area contributed by atoms with Gasteiger partial charge in [-0.3, -0.25) is 4.79 Å². The van der Waals surface area contributed by atoms with Crippen LogP contribution < -0.4 is 5.73 Å². The quantitative estimate of drug-likeness (QED) is 0.907. The molecule has 1 amide bonds. The molecule has 122 valence electrons.